The molecule has 1 atom stereocenters. The van der Waals surface area contributed by atoms with Gasteiger partial charge in [-0.25, -0.2) is 0 Å². The molecule has 1 aliphatic heterocycles. The van der Waals surface area contributed by atoms with Gasteiger partial charge in [-0.3, -0.25) is 9.69 Å². The van der Waals surface area contributed by atoms with E-state index in [9.17, 15) is 4.79 Å². The van der Waals surface area contributed by atoms with Gasteiger partial charge >= 0.3 is 0 Å². The van der Waals surface area contributed by atoms with Crippen molar-refractivity contribution in [2.24, 2.45) is 0 Å². The molecule has 4 nitrogen and oxygen atoms in total. The fraction of sp³-hybridized carbons (Fsp3) is 0.533. The summed E-state index contributed by atoms with van der Waals surface area (Å²) in [7, 11) is 0. The van der Waals surface area contributed by atoms with Gasteiger partial charge in [0, 0.05) is 37.6 Å². The summed E-state index contributed by atoms with van der Waals surface area (Å²) in [5, 5.41) is 2.82. The maximum absolute atomic E-state index is 10.9. The van der Waals surface area contributed by atoms with E-state index in [1.54, 1.807) is 0 Å². The van der Waals surface area contributed by atoms with Crippen LogP contribution in [0.2, 0.25) is 0 Å². The molecule has 0 spiro atoms. The van der Waals surface area contributed by atoms with Crippen LogP contribution in [-0.4, -0.2) is 43.2 Å². The highest BCUT2D eigenvalue weighted by Gasteiger charge is 2.20. The predicted octanol–water partition coefficient (Wildman–Crippen LogP) is 2.09. The molecule has 20 heavy (non-hydrogen) atoms. The molecule has 5 heteroatoms. The van der Waals surface area contributed by atoms with Crippen LogP contribution >= 0.6 is 15.9 Å². The van der Waals surface area contributed by atoms with E-state index in [2.05, 4.69) is 51.3 Å². The second kappa shape index (κ2) is 7.20. The number of hydrogen-bond acceptors (Lipinski definition) is 3. The lowest BCUT2D eigenvalue weighted by Crippen LogP contribution is -2.46. The number of carbonyl (C=O) groups is 1. The topological polar surface area (TPSA) is 41.6 Å². The van der Waals surface area contributed by atoms with Crippen molar-refractivity contribution in [1.29, 1.82) is 0 Å². The molecule has 1 heterocycles. The summed E-state index contributed by atoms with van der Waals surface area (Å²) in [5.74, 6) is -0.00631. The average Bonchev–Trinajstić information content (AvgIpc) is 2.41. The molecule has 1 saturated heterocycles. The van der Waals surface area contributed by atoms with Crippen molar-refractivity contribution in [2.75, 3.05) is 26.2 Å². The number of rotatable bonds is 4. The van der Waals surface area contributed by atoms with E-state index in [4.69, 9.17) is 4.74 Å². The highest BCUT2D eigenvalue weighted by Crippen LogP contribution is 2.19. The van der Waals surface area contributed by atoms with E-state index < -0.39 is 0 Å². The molecular weight excluding hydrogens is 320 g/mol. The number of benzene rings is 1. The summed E-state index contributed by atoms with van der Waals surface area (Å²) >= 11 is 3.57. The fourth-order valence-corrected chi connectivity index (χ4v) is 2.72. The molecule has 1 aromatic rings. The van der Waals surface area contributed by atoms with E-state index in [1.165, 1.54) is 18.1 Å². The van der Waals surface area contributed by atoms with E-state index in [0.29, 0.717) is 6.54 Å². The minimum absolute atomic E-state index is 0.00631. The van der Waals surface area contributed by atoms with E-state index in [1.807, 2.05) is 0 Å². The van der Waals surface area contributed by atoms with Crippen LogP contribution in [-0.2, 0) is 16.1 Å². The predicted molar refractivity (Wildman–Crippen MR) is 82.6 cm³/mol. The molecule has 1 aromatic carbocycles. The first-order chi connectivity index (χ1) is 9.54. The first-order valence-corrected chi connectivity index (χ1v) is 7.67. The molecule has 0 bridgehead atoms. The minimum atomic E-state index is -0.00631. The first-order valence-electron chi connectivity index (χ1n) is 6.88. The third kappa shape index (κ3) is 4.58. The Morgan fingerprint density at radius 2 is 2.35 bits per heavy atom. The summed E-state index contributed by atoms with van der Waals surface area (Å²) in [4.78, 5) is 13.3. The van der Waals surface area contributed by atoms with Crippen LogP contribution in [0.5, 0.6) is 0 Å². The third-order valence-corrected chi connectivity index (χ3v) is 4.30. The van der Waals surface area contributed by atoms with E-state index in [0.717, 1.165) is 30.7 Å². The van der Waals surface area contributed by atoms with Crippen LogP contribution in [0, 0.1) is 6.92 Å². The first kappa shape index (κ1) is 15.5. The van der Waals surface area contributed by atoms with Crippen molar-refractivity contribution in [3.8, 4) is 0 Å². The summed E-state index contributed by atoms with van der Waals surface area (Å²) in [6, 6.07) is 6.47. The largest absolute Gasteiger partial charge is 0.374 e. The Morgan fingerprint density at radius 3 is 3.05 bits per heavy atom. The maximum atomic E-state index is 10.9. The Hall–Kier alpha value is -0.910. The minimum Gasteiger partial charge on any atom is -0.374 e. The summed E-state index contributed by atoms with van der Waals surface area (Å²) in [5.41, 5.74) is 2.54. The van der Waals surface area contributed by atoms with E-state index in [-0.39, 0.29) is 12.0 Å². The molecule has 0 radical (unpaired) electrons. The molecular formula is C15H21BrN2O2. The fourth-order valence-electron chi connectivity index (χ4n) is 2.30. The van der Waals surface area contributed by atoms with Crippen molar-refractivity contribution in [3.05, 3.63) is 33.8 Å². The van der Waals surface area contributed by atoms with Crippen molar-refractivity contribution in [3.63, 3.8) is 0 Å². The molecule has 0 aromatic heterocycles. The maximum Gasteiger partial charge on any atom is 0.216 e. The summed E-state index contributed by atoms with van der Waals surface area (Å²) < 4.78 is 6.82. The van der Waals surface area contributed by atoms with Crippen molar-refractivity contribution >= 4 is 21.8 Å². The number of carbonyl (C=O) groups excluding carboxylic acids is 1. The van der Waals surface area contributed by atoms with Crippen molar-refractivity contribution in [1.82, 2.24) is 10.2 Å². The van der Waals surface area contributed by atoms with Crippen LogP contribution in [0.4, 0.5) is 0 Å². The number of aryl methyl sites for hydroxylation is 1. The Bertz CT molecular complexity index is 479. The van der Waals surface area contributed by atoms with Gasteiger partial charge in [0.05, 0.1) is 12.7 Å². The molecule has 1 amide bonds. The lowest BCUT2D eigenvalue weighted by atomic mass is 10.1. The monoisotopic (exact) mass is 340 g/mol. The quantitative estimate of drug-likeness (QED) is 0.912. The smallest absolute Gasteiger partial charge is 0.216 e. The van der Waals surface area contributed by atoms with Crippen molar-refractivity contribution < 1.29 is 9.53 Å². The van der Waals surface area contributed by atoms with Gasteiger partial charge in [0.25, 0.3) is 0 Å². The lowest BCUT2D eigenvalue weighted by Gasteiger charge is -2.33. The van der Waals surface area contributed by atoms with Gasteiger partial charge in [0.1, 0.15) is 0 Å². The van der Waals surface area contributed by atoms with Gasteiger partial charge in [0.15, 0.2) is 0 Å². The van der Waals surface area contributed by atoms with Crippen LogP contribution in [0.25, 0.3) is 0 Å². The van der Waals surface area contributed by atoms with Gasteiger partial charge in [-0.1, -0.05) is 28.1 Å². The van der Waals surface area contributed by atoms with Gasteiger partial charge < -0.3 is 10.1 Å². The zero-order valence-electron chi connectivity index (χ0n) is 12.0. The Kier molecular flexibility index (Phi) is 5.57. The Morgan fingerprint density at radius 1 is 1.55 bits per heavy atom. The molecule has 1 N–H and O–H groups in total. The second-order valence-electron chi connectivity index (χ2n) is 5.25. The lowest BCUT2D eigenvalue weighted by molar-refractivity contribution is -0.120. The van der Waals surface area contributed by atoms with E-state index >= 15 is 0 Å². The highest BCUT2D eigenvalue weighted by molar-refractivity contribution is 9.10. The number of morpholine rings is 1. The molecule has 0 aliphatic carbocycles. The van der Waals surface area contributed by atoms with Crippen LogP contribution in [0.15, 0.2) is 22.7 Å². The van der Waals surface area contributed by atoms with Crippen LogP contribution < -0.4 is 5.32 Å². The molecule has 0 saturated carbocycles. The standard InChI is InChI=1S/C15H21BrN2O2/c1-11-3-4-13(7-15(11)16)9-18-5-6-20-14(10-18)8-17-12(2)19/h3-4,7,14H,5-6,8-10H2,1-2H3,(H,17,19)/t14-/m1/s1. The number of amides is 1. The second-order valence-corrected chi connectivity index (χ2v) is 6.10. The number of hydrogen-bond donors (Lipinski definition) is 1. The number of nitrogens with zero attached hydrogens (tertiary/aromatic N) is 1. The zero-order valence-corrected chi connectivity index (χ0v) is 13.6. The summed E-state index contributed by atoms with van der Waals surface area (Å²) in [6.07, 6.45) is 0.0848. The number of ether oxygens (including phenoxy) is 1. The van der Waals surface area contributed by atoms with Crippen molar-refractivity contribution in [2.45, 2.75) is 26.5 Å². The SMILES string of the molecule is CC(=O)NC[C@@H]1CN(Cc2ccc(C)c(Br)c2)CCO1. The zero-order chi connectivity index (χ0) is 14.5. The number of halogens is 1. The summed E-state index contributed by atoms with van der Waals surface area (Å²) in [6.45, 7) is 7.63. The average molecular weight is 341 g/mol. The molecule has 1 aliphatic rings. The molecule has 110 valence electrons. The normalized spacial score (nSPS) is 19.9. The highest BCUT2D eigenvalue weighted by atomic mass is 79.9. The molecule has 1 fully saturated rings. The van der Waals surface area contributed by atoms with Gasteiger partial charge in [0.2, 0.25) is 5.91 Å². The number of nitrogens with one attached hydrogen (secondary N) is 1. The molecule has 2 rings (SSSR count). The third-order valence-electron chi connectivity index (χ3n) is 3.44. The molecule has 0 unspecified atom stereocenters. The Labute approximate surface area is 128 Å². The van der Waals surface area contributed by atoms with Crippen LogP contribution in [0.3, 0.4) is 0 Å². The van der Waals surface area contributed by atoms with Gasteiger partial charge in [-0.15, -0.1) is 0 Å². The van der Waals surface area contributed by atoms with Crippen LogP contribution in [0.1, 0.15) is 18.1 Å². The van der Waals surface area contributed by atoms with Gasteiger partial charge in [-0.2, -0.15) is 0 Å². The Balaban J connectivity index is 1.88. The van der Waals surface area contributed by atoms with Gasteiger partial charge in [-0.05, 0) is 24.1 Å².